The molecule has 0 aliphatic heterocycles. The molecule has 4 nitrogen and oxygen atoms in total. The number of aromatic nitrogens is 1. The predicted octanol–water partition coefficient (Wildman–Crippen LogP) is 3.61. The molecule has 1 aliphatic carbocycles. The largest absolute Gasteiger partial charge is 0.302 e. The van der Waals surface area contributed by atoms with Crippen LogP contribution in [-0.4, -0.2) is 16.7 Å². The van der Waals surface area contributed by atoms with Crippen LogP contribution in [-0.2, 0) is 4.79 Å². The zero-order valence-electron chi connectivity index (χ0n) is 11.9. The lowest BCUT2D eigenvalue weighted by molar-refractivity contribution is -0.117. The molecule has 0 radical (unpaired) electrons. The van der Waals surface area contributed by atoms with Crippen LogP contribution in [0, 0.1) is 11.8 Å². The number of amides is 1. The Hall–Kier alpha value is -2.01. The van der Waals surface area contributed by atoms with E-state index in [1.807, 2.05) is 30.3 Å². The number of nitrogens with one attached hydrogen (secondary N) is 1. The summed E-state index contributed by atoms with van der Waals surface area (Å²) >= 11 is 1.24. The van der Waals surface area contributed by atoms with E-state index >= 15 is 0 Å². The Morgan fingerprint density at radius 1 is 1.29 bits per heavy atom. The maximum atomic E-state index is 12.0. The van der Waals surface area contributed by atoms with Gasteiger partial charge in [-0.1, -0.05) is 48.6 Å². The minimum absolute atomic E-state index is 0.00552. The minimum Gasteiger partial charge on any atom is -0.302 e. The predicted molar refractivity (Wildman–Crippen MR) is 83.5 cm³/mol. The van der Waals surface area contributed by atoms with Crippen molar-refractivity contribution in [2.45, 2.75) is 20.3 Å². The van der Waals surface area contributed by atoms with E-state index in [0.29, 0.717) is 21.6 Å². The summed E-state index contributed by atoms with van der Waals surface area (Å²) in [5, 5.41) is 3.34. The van der Waals surface area contributed by atoms with Gasteiger partial charge in [0.05, 0.1) is 10.6 Å². The summed E-state index contributed by atoms with van der Waals surface area (Å²) < 4.78 is 0. The number of carbonyl (C=O) groups excluding carboxylic acids is 2. The Bertz CT molecular complexity index is 694. The smallest absolute Gasteiger partial charge is 0.229 e. The fourth-order valence-corrected chi connectivity index (χ4v) is 3.18. The van der Waals surface area contributed by atoms with Crippen LogP contribution in [0.3, 0.4) is 0 Å². The van der Waals surface area contributed by atoms with Gasteiger partial charge in [-0.25, -0.2) is 4.98 Å². The molecular weight excluding hydrogens is 284 g/mol. The Kier molecular flexibility index (Phi) is 3.59. The number of carbonyl (C=O) groups is 2. The molecule has 21 heavy (non-hydrogen) atoms. The van der Waals surface area contributed by atoms with E-state index in [0.717, 1.165) is 12.0 Å². The summed E-state index contributed by atoms with van der Waals surface area (Å²) in [5.74, 6) is 0.512. The Morgan fingerprint density at radius 3 is 2.52 bits per heavy atom. The molecule has 3 rings (SSSR count). The normalized spacial score (nSPS) is 20.1. The highest BCUT2D eigenvalue weighted by molar-refractivity contribution is 7.18. The maximum Gasteiger partial charge on any atom is 0.229 e. The first-order valence-electron chi connectivity index (χ1n) is 6.94. The number of nitrogens with zero attached hydrogens (tertiary/aromatic N) is 1. The number of ketones is 1. The summed E-state index contributed by atoms with van der Waals surface area (Å²) in [6, 6.07) is 9.55. The molecule has 0 bridgehead atoms. The quantitative estimate of drug-likeness (QED) is 0.878. The molecule has 1 heterocycles. The zero-order chi connectivity index (χ0) is 15.0. The first-order valence-corrected chi connectivity index (χ1v) is 7.76. The molecule has 1 aromatic heterocycles. The van der Waals surface area contributed by atoms with Crippen molar-refractivity contribution in [2.75, 3.05) is 5.32 Å². The number of rotatable bonds is 4. The van der Waals surface area contributed by atoms with Gasteiger partial charge in [0, 0.05) is 18.4 Å². The van der Waals surface area contributed by atoms with E-state index in [2.05, 4.69) is 17.2 Å². The van der Waals surface area contributed by atoms with E-state index in [1.165, 1.54) is 18.3 Å². The van der Waals surface area contributed by atoms with Gasteiger partial charge in [-0.3, -0.25) is 9.59 Å². The average molecular weight is 300 g/mol. The van der Waals surface area contributed by atoms with Crippen molar-refractivity contribution in [3.8, 4) is 11.3 Å². The molecule has 1 saturated carbocycles. The van der Waals surface area contributed by atoms with Gasteiger partial charge in [0.25, 0.3) is 0 Å². The second kappa shape index (κ2) is 5.41. The minimum atomic E-state index is -0.0355. The monoisotopic (exact) mass is 300 g/mol. The lowest BCUT2D eigenvalue weighted by Gasteiger charge is -1.99. The maximum absolute atomic E-state index is 12.0. The fourth-order valence-electron chi connectivity index (χ4n) is 2.29. The Labute approximate surface area is 127 Å². The molecule has 108 valence electrons. The summed E-state index contributed by atoms with van der Waals surface area (Å²) in [4.78, 5) is 28.8. The molecule has 0 saturated heterocycles. The second-order valence-electron chi connectivity index (χ2n) is 5.43. The van der Waals surface area contributed by atoms with Crippen LogP contribution in [0.4, 0.5) is 5.13 Å². The van der Waals surface area contributed by atoms with E-state index in [9.17, 15) is 9.59 Å². The van der Waals surface area contributed by atoms with Crippen LogP contribution in [0.2, 0.25) is 0 Å². The molecule has 5 heteroatoms. The van der Waals surface area contributed by atoms with Crippen LogP contribution >= 0.6 is 11.3 Å². The van der Waals surface area contributed by atoms with Gasteiger partial charge in [-0.2, -0.15) is 0 Å². The first kappa shape index (κ1) is 13.9. The second-order valence-corrected chi connectivity index (χ2v) is 6.43. The van der Waals surface area contributed by atoms with Gasteiger partial charge in [0.2, 0.25) is 5.91 Å². The molecule has 1 aromatic carbocycles. The van der Waals surface area contributed by atoms with Crippen molar-refractivity contribution < 1.29 is 9.59 Å². The van der Waals surface area contributed by atoms with Crippen LogP contribution in [0.1, 0.15) is 29.9 Å². The number of Topliss-reactive ketones (excluding diaryl/α,β-unsaturated/α-hetero) is 1. The van der Waals surface area contributed by atoms with Crippen molar-refractivity contribution in [1.29, 1.82) is 0 Å². The third-order valence-electron chi connectivity index (χ3n) is 3.67. The van der Waals surface area contributed by atoms with Crippen molar-refractivity contribution in [2.24, 2.45) is 11.8 Å². The van der Waals surface area contributed by atoms with E-state index < -0.39 is 0 Å². The van der Waals surface area contributed by atoms with Crippen molar-refractivity contribution in [3.63, 3.8) is 0 Å². The van der Waals surface area contributed by atoms with Gasteiger partial charge in [-0.05, 0) is 12.3 Å². The van der Waals surface area contributed by atoms with Crippen LogP contribution < -0.4 is 5.32 Å². The molecule has 1 aliphatic rings. The SMILES string of the molecule is CC(=O)c1sc(NC(=O)[C@H]2C[C@H]2C)nc1-c1ccccc1. The topological polar surface area (TPSA) is 59.1 Å². The highest BCUT2D eigenvalue weighted by Gasteiger charge is 2.39. The van der Waals surface area contributed by atoms with Gasteiger partial charge in [0.15, 0.2) is 10.9 Å². The van der Waals surface area contributed by atoms with Crippen LogP contribution in [0.25, 0.3) is 11.3 Å². The summed E-state index contributed by atoms with van der Waals surface area (Å²) in [6.45, 7) is 3.58. The standard InChI is InChI=1S/C16H16N2O2S/c1-9-8-12(9)15(20)18-16-17-13(14(21-16)10(2)19)11-6-4-3-5-7-11/h3-7,9,12H,8H2,1-2H3,(H,17,18,20)/t9-,12+/m1/s1. The molecule has 1 N–H and O–H groups in total. The van der Waals surface area contributed by atoms with Gasteiger partial charge < -0.3 is 5.32 Å². The van der Waals surface area contributed by atoms with E-state index in [4.69, 9.17) is 0 Å². The summed E-state index contributed by atoms with van der Waals surface area (Å²) in [7, 11) is 0. The van der Waals surface area contributed by atoms with Crippen molar-refractivity contribution >= 4 is 28.2 Å². The number of hydrogen-bond acceptors (Lipinski definition) is 4. The first-order chi connectivity index (χ1) is 10.1. The molecule has 0 spiro atoms. The number of hydrogen-bond donors (Lipinski definition) is 1. The highest BCUT2D eigenvalue weighted by Crippen LogP contribution is 2.39. The van der Waals surface area contributed by atoms with E-state index in [1.54, 1.807) is 0 Å². The molecule has 2 aromatic rings. The van der Waals surface area contributed by atoms with Crippen molar-refractivity contribution in [1.82, 2.24) is 4.98 Å². The molecule has 1 fully saturated rings. The summed E-state index contributed by atoms with van der Waals surface area (Å²) in [5.41, 5.74) is 1.53. The van der Waals surface area contributed by atoms with Crippen LogP contribution in [0.5, 0.6) is 0 Å². The van der Waals surface area contributed by atoms with E-state index in [-0.39, 0.29) is 17.6 Å². The molecule has 2 atom stereocenters. The third-order valence-corrected chi connectivity index (χ3v) is 4.74. The zero-order valence-corrected chi connectivity index (χ0v) is 12.7. The molecular formula is C16H16N2O2S. The molecule has 1 amide bonds. The lowest BCUT2D eigenvalue weighted by atomic mass is 10.1. The van der Waals surface area contributed by atoms with Crippen molar-refractivity contribution in [3.05, 3.63) is 35.2 Å². The fraction of sp³-hybridized carbons (Fsp3) is 0.312. The Morgan fingerprint density at radius 2 is 1.95 bits per heavy atom. The number of benzene rings is 1. The van der Waals surface area contributed by atoms with Crippen LogP contribution in [0.15, 0.2) is 30.3 Å². The summed E-state index contributed by atoms with van der Waals surface area (Å²) in [6.07, 6.45) is 0.933. The molecule has 0 unspecified atom stereocenters. The van der Waals surface area contributed by atoms with Gasteiger partial charge in [0.1, 0.15) is 0 Å². The Balaban J connectivity index is 1.90. The third kappa shape index (κ3) is 2.88. The lowest BCUT2D eigenvalue weighted by Crippen LogP contribution is -2.14. The average Bonchev–Trinajstić information content (AvgIpc) is 3.05. The number of thiazole rings is 1. The highest BCUT2D eigenvalue weighted by atomic mass is 32.1. The number of anilines is 1. The van der Waals surface area contributed by atoms with Gasteiger partial charge >= 0.3 is 0 Å². The van der Waals surface area contributed by atoms with Gasteiger partial charge in [-0.15, -0.1) is 0 Å².